The summed E-state index contributed by atoms with van der Waals surface area (Å²) in [6.07, 6.45) is 6.16. The third-order valence-corrected chi connectivity index (χ3v) is 5.58. The summed E-state index contributed by atoms with van der Waals surface area (Å²) < 4.78 is 9.72. The molecule has 1 aliphatic carbocycles. The van der Waals surface area contributed by atoms with E-state index < -0.39 is 12.1 Å². The van der Waals surface area contributed by atoms with E-state index in [1.54, 1.807) is 6.07 Å². The van der Waals surface area contributed by atoms with Crippen LogP contribution in [0.4, 0.5) is 4.79 Å². The summed E-state index contributed by atoms with van der Waals surface area (Å²) in [6.45, 7) is 1.49. The van der Waals surface area contributed by atoms with E-state index >= 15 is 0 Å². The van der Waals surface area contributed by atoms with Gasteiger partial charge in [0.05, 0.1) is 11.8 Å². The number of cyclic esters (lactones) is 1. The topological polar surface area (TPSA) is 101 Å². The molecule has 2 saturated heterocycles. The summed E-state index contributed by atoms with van der Waals surface area (Å²) >= 11 is 0. The molecule has 4 rings (SSSR count). The van der Waals surface area contributed by atoms with Crippen LogP contribution in [0.5, 0.6) is 0 Å². The zero-order chi connectivity index (χ0) is 17.4. The largest absolute Gasteiger partial charge is 0.472 e. The molecule has 134 valence electrons. The van der Waals surface area contributed by atoms with Gasteiger partial charge in [0.2, 0.25) is 5.91 Å². The molecule has 1 aromatic heterocycles. The van der Waals surface area contributed by atoms with Crippen molar-refractivity contribution in [2.45, 2.75) is 37.8 Å². The molecule has 1 atom stereocenters. The van der Waals surface area contributed by atoms with Crippen molar-refractivity contribution < 1.29 is 23.5 Å². The van der Waals surface area contributed by atoms with Crippen molar-refractivity contribution in [3.8, 4) is 0 Å². The molecule has 0 aromatic carbocycles. The second kappa shape index (κ2) is 6.09. The van der Waals surface area contributed by atoms with Gasteiger partial charge in [-0.25, -0.2) is 4.79 Å². The Bertz CT molecular complexity index is 670. The van der Waals surface area contributed by atoms with Gasteiger partial charge in [0.1, 0.15) is 18.9 Å². The van der Waals surface area contributed by atoms with Crippen LogP contribution in [0.3, 0.4) is 0 Å². The van der Waals surface area contributed by atoms with Gasteiger partial charge in [0.15, 0.2) is 0 Å². The summed E-state index contributed by atoms with van der Waals surface area (Å²) in [5.74, 6) is -0.164. The van der Waals surface area contributed by atoms with Gasteiger partial charge in [-0.05, 0) is 37.2 Å². The molecule has 3 aliphatic rings. The van der Waals surface area contributed by atoms with Gasteiger partial charge in [-0.3, -0.25) is 9.59 Å². The Labute approximate surface area is 144 Å². The normalized spacial score (nSPS) is 25.2. The molecule has 3 fully saturated rings. The van der Waals surface area contributed by atoms with Gasteiger partial charge >= 0.3 is 6.09 Å². The third kappa shape index (κ3) is 3.08. The predicted molar refractivity (Wildman–Crippen MR) is 85.7 cm³/mol. The monoisotopic (exact) mass is 347 g/mol. The SMILES string of the molecule is O=C1N[C@H](C(=O)N2CCC3(CC2)CC(NC(=O)c2ccoc2)C3)CO1. The van der Waals surface area contributed by atoms with Crippen LogP contribution in [0.1, 0.15) is 36.0 Å². The first-order chi connectivity index (χ1) is 12.0. The molecule has 1 aromatic rings. The van der Waals surface area contributed by atoms with Crippen molar-refractivity contribution in [3.05, 3.63) is 24.2 Å². The fourth-order valence-electron chi connectivity index (χ4n) is 4.10. The molecule has 3 amide bonds. The smallest absolute Gasteiger partial charge is 0.407 e. The lowest BCUT2D eigenvalue weighted by molar-refractivity contribution is -0.136. The standard InChI is InChI=1S/C17H21N3O5/c21-14(11-1-6-24-9-11)18-12-7-17(8-12)2-4-20(5-3-17)15(22)13-10-25-16(23)19-13/h1,6,9,12-13H,2-5,7-8,10H2,(H,18,21)(H,19,23)/t13-/m0/s1. The second-order valence-electron chi connectivity index (χ2n) is 7.21. The lowest BCUT2D eigenvalue weighted by atomic mass is 9.60. The summed E-state index contributed by atoms with van der Waals surface area (Å²) in [6, 6.07) is 1.29. The summed E-state index contributed by atoms with van der Waals surface area (Å²) in [4.78, 5) is 37.3. The molecular formula is C17H21N3O5. The third-order valence-electron chi connectivity index (χ3n) is 5.58. The van der Waals surface area contributed by atoms with E-state index in [-0.39, 0.29) is 29.9 Å². The van der Waals surface area contributed by atoms with Crippen molar-refractivity contribution in [1.82, 2.24) is 15.5 Å². The van der Waals surface area contributed by atoms with Crippen molar-refractivity contribution >= 4 is 17.9 Å². The molecule has 25 heavy (non-hydrogen) atoms. The van der Waals surface area contributed by atoms with E-state index in [0.717, 1.165) is 25.7 Å². The minimum absolute atomic E-state index is 0.0650. The Morgan fingerprint density at radius 1 is 1.28 bits per heavy atom. The Kier molecular flexibility index (Phi) is 3.89. The number of rotatable bonds is 3. The van der Waals surface area contributed by atoms with Gasteiger partial charge in [0, 0.05) is 19.1 Å². The van der Waals surface area contributed by atoms with Crippen LogP contribution >= 0.6 is 0 Å². The van der Waals surface area contributed by atoms with Gasteiger partial charge in [-0.2, -0.15) is 0 Å². The van der Waals surface area contributed by atoms with Gasteiger partial charge in [-0.15, -0.1) is 0 Å². The molecule has 1 spiro atoms. The van der Waals surface area contributed by atoms with Gasteiger partial charge in [0.25, 0.3) is 5.91 Å². The van der Waals surface area contributed by atoms with E-state index in [9.17, 15) is 14.4 Å². The number of carbonyl (C=O) groups is 3. The van der Waals surface area contributed by atoms with Crippen LogP contribution in [0.25, 0.3) is 0 Å². The molecule has 3 heterocycles. The number of furan rings is 1. The molecule has 0 radical (unpaired) electrons. The maximum Gasteiger partial charge on any atom is 0.407 e. The highest BCUT2D eigenvalue weighted by atomic mass is 16.6. The number of carbonyl (C=O) groups excluding carboxylic acids is 3. The Morgan fingerprint density at radius 3 is 2.64 bits per heavy atom. The molecular weight excluding hydrogens is 326 g/mol. The van der Waals surface area contributed by atoms with Gasteiger partial charge in [-0.1, -0.05) is 0 Å². The first kappa shape index (κ1) is 16.0. The van der Waals surface area contributed by atoms with Crippen molar-refractivity contribution in [2.75, 3.05) is 19.7 Å². The minimum Gasteiger partial charge on any atom is -0.472 e. The van der Waals surface area contributed by atoms with Gasteiger partial charge < -0.3 is 24.7 Å². The number of piperidine rings is 1. The molecule has 8 heteroatoms. The first-order valence-electron chi connectivity index (χ1n) is 8.60. The molecule has 0 bridgehead atoms. The van der Waals surface area contributed by atoms with E-state index in [2.05, 4.69) is 10.6 Å². The fraction of sp³-hybridized carbons (Fsp3) is 0.588. The van der Waals surface area contributed by atoms with E-state index in [0.29, 0.717) is 18.7 Å². The van der Waals surface area contributed by atoms with E-state index in [1.807, 2.05) is 4.90 Å². The maximum absolute atomic E-state index is 12.4. The van der Waals surface area contributed by atoms with Crippen molar-refractivity contribution in [2.24, 2.45) is 5.41 Å². The second-order valence-corrected chi connectivity index (χ2v) is 7.21. The number of amides is 3. The van der Waals surface area contributed by atoms with Crippen molar-refractivity contribution in [1.29, 1.82) is 0 Å². The Morgan fingerprint density at radius 2 is 2.04 bits per heavy atom. The predicted octanol–water partition coefficient (Wildman–Crippen LogP) is 0.889. The molecule has 0 unspecified atom stereocenters. The number of likely N-dealkylation sites (tertiary alicyclic amines) is 1. The average molecular weight is 347 g/mol. The zero-order valence-electron chi connectivity index (χ0n) is 13.8. The number of alkyl carbamates (subject to hydrolysis) is 1. The highest BCUT2D eigenvalue weighted by Gasteiger charge is 2.47. The summed E-state index contributed by atoms with van der Waals surface area (Å²) in [5.41, 5.74) is 0.766. The molecule has 2 N–H and O–H groups in total. The van der Waals surface area contributed by atoms with Crippen LogP contribution in [-0.2, 0) is 9.53 Å². The Hall–Kier alpha value is -2.51. The van der Waals surface area contributed by atoms with Crippen LogP contribution in [0.15, 0.2) is 23.0 Å². The average Bonchev–Trinajstić information content (AvgIpc) is 3.25. The Balaban J connectivity index is 1.24. The number of hydrogen-bond acceptors (Lipinski definition) is 5. The molecule has 2 aliphatic heterocycles. The first-order valence-corrected chi connectivity index (χ1v) is 8.60. The quantitative estimate of drug-likeness (QED) is 0.846. The molecule has 8 nitrogen and oxygen atoms in total. The maximum atomic E-state index is 12.4. The lowest BCUT2D eigenvalue weighted by Gasteiger charge is -2.52. The summed E-state index contributed by atoms with van der Waals surface area (Å²) in [7, 11) is 0. The van der Waals surface area contributed by atoms with Crippen LogP contribution in [-0.4, -0.2) is 54.6 Å². The summed E-state index contributed by atoms with van der Waals surface area (Å²) in [5, 5.41) is 5.56. The fourth-order valence-corrected chi connectivity index (χ4v) is 4.10. The lowest BCUT2D eigenvalue weighted by Crippen LogP contribution is -2.57. The minimum atomic E-state index is -0.551. The number of nitrogens with one attached hydrogen (secondary N) is 2. The highest BCUT2D eigenvalue weighted by molar-refractivity contribution is 5.94. The highest BCUT2D eigenvalue weighted by Crippen LogP contribution is 2.49. The van der Waals surface area contributed by atoms with E-state index in [1.165, 1.54) is 12.5 Å². The molecule has 1 saturated carbocycles. The van der Waals surface area contributed by atoms with Crippen LogP contribution < -0.4 is 10.6 Å². The van der Waals surface area contributed by atoms with Crippen LogP contribution in [0.2, 0.25) is 0 Å². The van der Waals surface area contributed by atoms with E-state index in [4.69, 9.17) is 9.15 Å². The number of nitrogens with zero attached hydrogens (tertiary/aromatic N) is 1. The zero-order valence-corrected chi connectivity index (χ0v) is 13.8. The number of ether oxygens (including phenoxy) is 1. The number of hydrogen-bond donors (Lipinski definition) is 2. The van der Waals surface area contributed by atoms with Crippen molar-refractivity contribution in [3.63, 3.8) is 0 Å². The van der Waals surface area contributed by atoms with Crippen LogP contribution in [0, 0.1) is 5.41 Å².